The summed E-state index contributed by atoms with van der Waals surface area (Å²) in [6.45, 7) is 4.48. The lowest BCUT2D eigenvalue weighted by Gasteiger charge is -1.89. The lowest BCUT2D eigenvalue weighted by molar-refractivity contribution is -0.140. The van der Waals surface area contributed by atoms with E-state index in [9.17, 15) is 9.59 Å². The third-order valence-electron chi connectivity index (χ3n) is 0.871. The Hall–Kier alpha value is -1.26. The van der Waals surface area contributed by atoms with Crippen LogP contribution in [0.5, 0.6) is 0 Å². The number of rotatable bonds is 1. The number of hydrogen-bond acceptors (Lipinski definition) is 5. The number of ether oxygens (including phenoxy) is 3. The predicted molar refractivity (Wildman–Crippen MR) is 39.6 cm³/mol. The first-order valence-corrected chi connectivity index (χ1v) is 3.59. The molecule has 0 aromatic heterocycles. The number of esters is 1. The zero-order valence-corrected chi connectivity index (χ0v) is 7.16. The Morgan fingerprint density at radius 3 is 2.08 bits per heavy atom. The maximum atomic E-state index is 9.82. The van der Waals surface area contributed by atoms with Gasteiger partial charge in [0.1, 0.15) is 13.2 Å². The Morgan fingerprint density at radius 2 is 2.00 bits per heavy atom. The van der Waals surface area contributed by atoms with Crippen molar-refractivity contribution in [2.24, 2.45) is 0 Å². The summed E-state index contributed by atoms with van der Waals surface area (Å²) in [5, 5.41) is 0. The van der Waals surface area contributed by atoms with Gasteiger partial charge in [-0.05, 0) is 6.92 Å². The highest BCUT2D eigenvalue weighted by atomic mass is 16.8. The molecule has 0 radical (unpaired) electrons. The van der Waals surface area contributed by atoms with Gasteiger partial charge in [0.05, 0.1) is 6.61 Å². The summed E-state index contributed by atoms with van der Waals surface area (Å²) in [5.41, 5.74) is 0. The topological polar surface area (TPSA) is 61.8 Å². The van der Waals surface area contributed by atoms with Crippen LogP contribution in [0.2, 0.25) is 0 Å². The molecule has 0 bridgehead atoms. The van der Waals surface area contributed by atoms with Gasteiger partial charge in [-0.2, -0.15) is 0 Å². The van der Waals surface area contributed by atoms with Crippen LogP contribution in [0.1, 0.15) is 13.8 Å². The maximum Gasteiger partial charge on any atom is 0.508 e. The van der Waals surface area contributed by atoms with Crippen molar-refractivity contribution in [3.8, 4) is 0 Å². The highest BCUT2D eigenvalue weighted by Gasteiger charge is 2.09. The molecular weight excluding hydrogens is 164 g/mol. The predicted octanol–water partition coefficient (Wildman–Crippen LogP) is 0.723. The third-order valence-corrected chi connectivity index (χ3v) is 0.871. The van der Waals surface area contributed by atoms with Gasteiger partial charge < -0.3 is 14.2 Å². The first-order chi connectivity index (χ1) is 5.66. The Bertz CT molecular complexity index is 146. The van der Waals surface area contributed by atoms with Crippen LogP contribution in [0.3, 0.4) is 0 Å². The molecule has 0 amide bonds. The number of carbonyl (C=O) groups is 2. The first kappa shape index (κ1) is 10.7. The molecule has 0 aromatic rings. The van der Waals surface area contributed by atoms with Crippen LogP contribution >= 0.6 is 0 Å². The second-order valence-electron chi connectivity index (χ2n) is 1.87. The summed E-state index contributed by atoms with van der Waals surface area (Å²) in [5.74, 6) is -0.211. The fourth-order valence-electron chi connectivity index (χ4n) is 0.495. The van der Waals surface area contributed by atoms with Crippen molar-refractivity contribution in [2.75, 3.05) is 19.8 Å². The molecule has 0 unspecified atom stereocenters. The van der Waals surface area contributed by atoms with E-state index in [0.717, 1.165) is 0 Å². The van der Waals surface area contributed by atoms with Gasteiger partial charge in [0.2, 0.25) is 0 Å². The molecule has 1 fully saturated rings. The monoisotopic (exact) mass is 176 g/mol. The van der Waals surface area contributed by atoms with Gasteiger partial charge in [-0.1, -0.05) is 0 Å². The van der Waals surface area contributed by atoms with Crippen molar-refractivity contribution in [2.45, 2.75) is 13.8 Å². The van der Waals surface area contributed by atoms with E-state index in [1.54, 1.807) is 6.92 Å². The molecule has 0 N–H and O–H groups in total. The minimum absolute atomic E-state index is 0.211. The number of carbonyl (C=O) groups excluding carboxylic acids is 2. The molecular formula is C7H12O5. The minimum atomic E-state index is -0.546. The lowest BCUT2D eigenvalue weighted by atomic mass is 10.8. The van der Waals surface area contributed by atoms with Crippen LogP contribution < -0.4 is 0 Å². The smallest absolute Gasteiger partial charge is 0.466 e. The van der Waals surface area contributed by atoms with E-state index in [1.165, 1.54) is 6.92 Å². The van der Waals surface area contributed by atoms with E-state index in [2.05, 4.69) is 14.2 Å². The first-order valence-electron chi connectivity index (χ1n) is 3.59. The van der Waals surface area contributed by atoms with Crippen LogP contribution in [-0.4, -0.2) is 31.9 Å². The molecule has 0 spiro atoms. The second kappa shape index (κ2) is 6.45. The fourth-order valence-corrected chi connectivity index (χ4v) is 0.495. The molecule has 1 heterocycles. The van der Waals surface area contributed by atoms with E-state index < -0.39 is 6.16 Å². The molecule has 0 atom stereocenters. The molecule has 1 saturated heterocycles. The van der Waals surface area contributed by atoms with Crippen LogP contribution in [0, 0.1) is 0 Å². The second-order valence-corrected chi connectivity index (χ2v) is 1.87. The highest BCUT2D eigenvalue weighted by molar-refractivity contribution is 5.65. The van der Waals surface area contributed by atoms with Crippen LogP contribution in [0.15, 0.2) is 0 Å². The largest absolute Gasteiger partial charge is 0.508 e. The molecule has 1 aliphatic heterocycles. The molecule has 5 nitrogen and oxygen atoms in total. The molecule has 0 aliphatic carbocycles. The van der Waals surface area contributed by atoms with Gasteiger partial charge in [-0.25, -0.2) is 4.79 Å². The molecule has 70 valence electrons. The number of hydrogen-bond donors (Lipinski definition) is 0. The average molecular weight is 176 g/mol. The molecule has 0 saturated carbocycles. The van der Waals surface area contributed by atoms with Crippen molar-refractivity contribution in [1.29, 1.82) is 0 Å². The highest BCUT2D eigenvalue weighted by Crippen LogP contribution is 1.92. The summed E-state index contributed by atoms with van der Waals surface area (Å²) in [7, 11) is 0. The molecule has 1 aliphatic rings. The Morgan fingerprint density at radius 1 is 1.50 bits per heavy atom. The van der Waals surface area contributed by atoms with Crippen LogP contribution in [-0.2, 0) is 19.0 Å². The van der Waals surface area contributed by atoms with Crippen LogP contribution in [0.4, 0.5) is 4.79 Å². The van der Waals surface area contributed by atoms with Gasteiger partial charge in [0.15, 0.2) is 0 Å². The SMILES string of the molecule is CCOC(C)=O.O=C1OCCO1. The van der Waals surface area contributed by atoms with Crippen molar-refractivity contribution in [3.05, 3.63) is 0 Å². The standard InChI is InChI=1S/C4H8O2.C3H4O3/c1-3-6-4(2)5;4-3-5-1-2-6-3/h3H2,1-2H3;1-2H2. The normalized spacial score (nSPS) is 13.7. The Kier molecular flexibility index (Phi) is 5.77. The Balaban J connectivity index is 0.000000202. The third kappa shape index (κ3) is 6.85. The van der Waals surface area contributed by atoms with Crippen molar-refractivity contribution in [3.63, 3.8) is 0 Å². The van der Waals surface area contributed by atoms with Crippen LogP contribution in [0.25, 0.3) is 0 Å². The van der Waals surface area contributed by atoms with Gasteiger partial charge >= 0.3 is 12.1 Å². The summed E-state index contributed by atoms with van der Waals surface area (Å²) >= 11 is 0. The summed E-state index contributed by atoms with van der Waals surface area (Å²) in [6.07, 6.45) is -0.546. The van der Waals surface area contributed by atoms with Gasteiger partial charge in [0.25, 0.3) is 0 Å². The summed E-state index contributed by atoms with van der Waals surface area (Å²) in [6, 6.07) is 0. The van der Waals surface area contributed by atoms with E-state index >= 15 is 0 Å². The summed E-state index contributed by atoms with van der Waals surface area (Å²) < 4.78 is 13.0. The van der Waals surface area contributed by atoms with Gasteiger partial charge in [0, 0.05) is 6.92 Å². The van der Waals surface area contributed by atoms with E-state index in [0.29, 0.717) is 19.8 Å². The molecule has 12 heavy (non-hydrogen) atoms. The quantitative estimate of drug-likeness (QED) is 0.551. The molecule has 1 rings (SSSR count). The fraction of sp³-hybridized carbons (Fsp3) is 0.714. The Labute approximate surface area is 70.6 Å². The van der Waals surface area contributed by atoms with E-state index in [4.69, 9.17) is 0 Å². The van der Waals surface area contributed by atoms with Crippen molar-refractivity contribution >= 4 is 12.1 Å². The number of cyclic esters (lactones) is 2. The minimum Gasteiger partial charge on any atom is -0.466 e. The van der Waals surface area contributed by atoms with Gasteiger partial charge in [-0.15, -0.1) is 0 Å². The lowest BCUT2D eigenvalue weighted by Crippen LogP contribution is -1.95. The molecule has 5 heteroatoms. The molecule has 0 aromatic carbocycles. The zero-order chi connectivity index (χ0) is 9.40. The van der Waals surface area contributed by atoms with Crippen molar-refractivity contribution in [1.82, 2.24) is 0 Å². The van der Waals surface area contributed by atoms with Crippen molar-refractivity contribution < 1.29 is 23.8 Å². The van der Waals surface area contributed by atoms with E-state index in [1.807, 2.05) is 0 Å². The van der Waals surface area contributed by atoms with Gasteiger partial charge in [-0.3, -0.25) is 4.79 Å². The van der Waals surface area contributed by atoms with E-state index in [-0.39, 0.29) is 5.97 Å². The summed E-state index contributed by atoms with van der Waals surface area (Å²) in [4.78, 5) is 19.6. The maximum absolute atomic E-state index is 9.82. The zero-order valence-electron chi connectivity index (χ0n) is 7.16. The average Bonchev–Trinajstić information content (AvgIpc) is 2.40.